The number of nitrogens with one attached hydrogen (secondary N) is 3. The summed E-state index contributed by atoms with van der Waals surface area (Å²) < 4.78 is 5.60. The maximum atomic E-state index is 12.4. The number of carbonyl (C=O) groups excluding carboxylic acids is 2. The summed E-state index contributed by atoms with van der Waals surface area (Å²) in [6.07, 6.45) is 0.414. The first kappa shape index (κ1) is 20.4. The molecule has 0 saturated carbocycles. The number of carbonyl (C=O) groups is 2. The Morgan fingerprint density at radius 3 is 2.37 bits per heavy atom. The quantitative estimate of drug-likeness (QED) is 0.656. The average Bonchev–Trinajstić information content (AvgIpc) is 2.61. The van der Waals surface area contributed by atoms with E-state index in [4.69, 9.17) is 17.0 Å². The van der Waals surface area contributed by atoms with E-state index in [0.29, 0.717) is 29.1 Å². The van der Waals surface area contributed by atoms with Gasteiger partial charge in [-0.2, -0.15) is 0 Å². The van der Waals surface area contributed by atoms with Crippen LogP contribution in [0.4, 0.5) is 11.4 Å². The topological polar surface area (TPSA) is 79.5 Å². The van der Waals surface area contributed by atoms with Gasteiger partial charge in [0.25, 0.3) is 5.91 Å². The molecule has 2 aromatic rings. The molecule has 6 nitrogen and oxygen atoms in total. The Labute approximate surface area is 164 Å². The molecule has 0 aromatic heterocycles. The molecule has 2 rings (SSSR count). The van der Waals surface area contributed by atoms with Gasteiger partial charge in [-0.15, -0.1) is 0 Å². The fourth-order valence-electron chi connectivity index (χ4n) is 2.24. The van der Waals surface area contributed by atoms with Gasteiger partial charge in [0.15, 0.2) is 5.11 Å². The third-order valence-corrected chi connectivity index (χ3v) is 3.62. The molecule has 0 fully saturated rings. The van der Waals surface area contributed by atoms with Gasteiger partial charge in [0.1, 0.15) is 5.75 Å². The van der Waals surface area contributed by atoms with E-state index in [9.17, 15) is 9.59 Å². The monoisotopic (exact) mass is 385 g/mol. The number of thiocarbonyl (C=S) groups is 1. The lowest BCUT2D eigenvalue weighted by atomic mass is 10.2. The standard InChI is InChI=1S/C20H23N3O3S/c1-4-18(24)21-15-8-6-9-16(12-15)22-20(27)23-19(25)14-7-5-10-17(11-14)26-13(2)3/h5-13H,4H2,1-3H3,(H,21,24)(H2,22,23,25,27). The van der Waals surface area contributed by atoms with E-state index in [1.54, 1.807) is 55.5 Å². The molecular formula is C20H23N3O3S. The summed E-state index contributed by atoms with van der Waals surface area (Å²) in [4.78, 5) is 23.9. The Kier molecular flexibility index (Phi) is 7.31. The zero-order chi connectivity index (χ0) is 19.8. The summed E-state index contributed by atoms with van der Waals surface area (Å²) in [5, 5.41) is 8.50. The van der Waals surface area contributed by atoms with Crippen molar-refractivity contribution in [2.45, 2.75) is 33.3 Å². The summed E-state index contributed by atoms with van der Waals surface area (Å²) in [5.74, 6) is 0.208. The minimum Gasteiger partial charge on any atom is -0.491 e. The predicted octanol–water partition coefficient (Wildman–Crippen LogP) is 3.95. The molecule has 0 atom stereocenters. The Morgan fingerprint density at radius 2 is 1.70 bits per heavy atom. The first-order valence-electron chi connectivity index (χ1n) is 8.66. The number of amides is 2. The van der Waals surface area contributed by atoms with Crippen LogP contribution in [-0.2, 0) is 4.79 Å². The van der Waals surface area contributed by atoms with E-state index in [-0.39, 0.29) is 23.0 Å². The van der Waals surface area contributed by atoms with Crippen LogP contribution in [0.15, 0.2) is 48.5 Å². The van der Waals surface area contributed by atoms with Crippen LogP contribution in [0.3, 0.4) is 0 Å². The zero-order valence-electron chi connectivity index (χ0n) is 15.5. The van der Waals surface area contributed by atoms with Crippen molar-refractivity contribution in [2.24, 2.45) is 0 Å². The molecule has 0 saturated heterocycles. The van der Waals surface area contributed by atoms with Gasteiger partial charge in [-0.25, -0.2) is 0 Å². The van der Waals surface area contributed by atoms with Crippen LogP contribution in [0.2, 0.25) is 0 Å². The van der Waals surface area contributed by atoms with Crippen molar-refractivity contribution in [2.75, 3.05) is 10.6 Å². The van der Waals surface area contributed by atoms with Crippen LogP contribution in [0, 0.1) is 0 Å². The molecule has 0 bridgehead atoms. The van der Waals surface area contributed by atoms with Crippen molar-refractivity contribution in [3.8, 4) is 5.75 Å². The zero-order valence-corrected chi connectivity index (χ0v) is 16.4. The Hall–Kier alpha value is -2.93. The summed E-state index contributed by atoms with van der Waals surface area (Å²) in [6, 6.07) is 14.0. The molecule has 0 heterocycles. The van der Waals surface area contributed by atoms with Gasteiger partial charge >= 0.3 is 0 Å². The molecule has 0 radical (unpaired) electrons. The summed E-state index contributed by atoms with van der Waals surface area (Å²) in [6.45, 7) is 5.62. The van der Waals surface area contributed by atoms with Crippen LogP contribution >= 0.6 is 12.2 Å². The van der Waals surface area contributed by atoms with Gasteiger partial charge < -0.3 is 15.4 Å². The third-order valence-electron chi connectivity index (χ3n) is 3.42. The first-order valence-corrected chi connectivity index (χ1v) is 9.07. The molecule has 2 aromatic carbocycles. The summed E-state index contributed by atoms with van der Waals surface area (Å²) >= 11 is 5.21. The van der Waals surface area contributed by atoms with Gasteiger partial charge in [-0.3, -0.25) is 14.9 Å². The Bertz CT molecular complexity index is 837. The van der Waals surface area contributed by atoms with E-state index in [1.165, 1.54) is 0 Å². The number of anilines is 2. The second kappa shape index (κ2) is 9.68. The summed E-state index contributed by atoms with van der Waals surface area (Å²) in [5.41, 5.74) is 1.76. The lowest BCUT2D eigenvalue weighted by molar-refractivity contribution is -0.115. The number of hydrogen-bond donors (Lipinski definition) is 3. The highest BCUT2D eigenvalue weighted by atomic mass is 32.1. The van der Waals surface area contributed by atoms with Crippen molar-refractivity contribution in [3.05, 3.63) is 54.1 Å². The van der Waals surface area contributed by atoms with Crippen LogP contribution in [0.1, 0.15) is 37.6 Å². The molecule has 0 aliphatic carbocycles. The van der Waals surface area contributed by atoms with E-state index < -0.39 is 0 Å². The summed E-state index contributed by atoms with van der Waals surface area (Å²) in [7, 11) is 0. The van der Waals surface area contributed by atoms with Gasteiger partial charge in [0, 0.05) is 23.4 Å². The SMILES string of the molecule is CCC(=O)Nc1cccc(NC(=S)NC(=O)c2cccc(OC(C)C)c2)c1. The molecule has 142 valence electrons. The van der Waals surface area contributed by atoms with Gasteiger partial charge in [-0.05, 0) is 62.5 Å². The minimum absolute atomic E-state index is 0.0199. The predicted molar refractivity (Wildman–Crippen MR) is 111 cm³/mol. The average molecular weight is 385 g/mol. The number of benzene rings is 2. The lowest BCUT2D eigenvalue weighted by Crippen LogP contribution is -2.34. The number of rotatable bonds is 6. The van der Waals surface area contributed by atoms with Crippen LogP contribution in [-0.4, -0.2) is 23.0 Å². The smallest absolute Gasteiger partial charge is 0.257 e. The lowest BCUT2D eigenvalue weighted by Gasteiger charge is -2.13. The molecular weight excluding hydrogens is 362 g/mol. The van der Waals surface area contributed by atoms with Crippen LogP contribution in [0.25, 0.3) is 0 Å². The normalized spacial score (nSPS) is 10.2. The molecule has 7 heteroatoms. The highest BCUT2D eigenvalue weighted by molar-refractivity contribution is 7.80. The van der Waals surface area contributed by atoms with Gasteiger partial charge in [-0.1, -0.05) is 19.1 Å². The number of hydrogen-bond acceptors (Lipinski definition) is 4. The van der Waals surface area contributed by atoms with Crippen molar-refractivity contribution in [1.82, 2.24) is 5.32 Å². The van der Waals surface area contributed by atoms with E-state index in [0.717, 1.165) is 0 Å². The van der Waals surface area contributed by atoms with E-state index in [2.05, 4.69) is 16.0 Å². The van der Waals surface area contributed by atoms with Crippen molar-refractivity contribution in [3.63, 3.8) is 0 Å². The van der Waals surface area contributed by atoms with Crippen LogP contribution in [0.5, 0.6) is 5.75 Å². The second-order valence-corrected chi connectivity index (χ2v) is 6.49. The Balaban J connectivity index is 1.98. The largest absolute Gasteiger partial charge is 0.491 e. The van der Waals surface area contributed by atoms with E-state index in [1.807, 2.05) is 13.8 Å². The molecule has 0 unspecified atom stereocenters. The molecule has 0 aliphatic heterocycles. The highest BCUT2D eigenvalue weighted by Crippen LogP contribution is 2.16. The van der Waals surface area contributed by atoms with Crippen molar-refractivity contribution in [1.29, 1.82) is 0 Å². The highest BCUT2D eigenvalue weighted by Gasteiger charge is 2.10. The van der Waals surface area contributed by atoms with Crippen molar-refractivity contribution >= 4 is 40.5 Å². The third kappa shape index (κ3) is 6.71. The molecule has 0 aliphatic rings. The fraction of sp³-hybridized carbons (Fsp3) is 0.250. The van der Waals surface area contributed by atoms with Gasteiger partial charge in [0.2, 0.25) is 5.91 Å². The Morgan fingerprint density at radius 1 is 1.04 bits per heavy atom. The van der Waals surface area contributed by atoms with Crippen LogP contribution < -0.4 is 20.7 Å². The van der Waals surface area contributed by atoms with E-state index >= 15 is 0 Å². The molecule has 3 N–H and O–H groups in total. The second-order valence-electron chi connectivity index (χ2n) is 6.09. The maximum Gasteiger partial charge on any atom is 0.257 e. The first-order chi connectivity index (χ1) is 12.9. The minimum atomic E-state index is -0.336. The van der Waals surface area contributed by atoms with Crippen molar-refractivity contribution < 1.29 is 14.3 Å². The number of ether oxygens (including phenoxy) is 1. The maximum absolute atomic E-state index is 12.4. The van der Waals surface area contributed by atoms with Gasteiger partial charge in [0.05, 0.1) is 6.10 Å². The molecule has 2 amide bonds. The molecule has 27 heavy (non-hydrogen) atoms. The fourth-order valence-corrected chi connectivity index (χ4v) is 2.46. The molecule has 0 spiro atoms.